The summed E-state index contributed by atoms with van der Waals surface area (Å²) in [5.41, 5.74) is 0. The largest absolute Gasteiger partial charge is 0.394 e. The Morgan fingerprint density at radius 3 is 0.991 bits per heavy atom. The van der Waals surface area contributed by atoms with Crippen molar-refractivity contribution in [1.82, 2.24) is 5.32 Å². The standard InChI is InChI=1S/C94H163NO18/c1-3-5-7-9-11-13-15-17-19-21-23-25-27-29-31-32-33-34-35-36-37-38-39-40-41-42-43-44-46-48-50-52-54-56-58-60-62-64-66-68-70-72-82(100)95-77(78(99)71-69-67-65-63-61-59-57-55-53-51-49-47-45-30-28-26-24-22-20-18-16-14-12-10-8-6-4-2)76-108-92-88(106)85(103)90(80(74-97)110-92)113-94-89(107)86(104)91(81(75-98)111-94)112-93-87(105)84(102)83(101)79(73-96)109-93/h5,7,11,13,17,19,23,25,29,31,33-34,36-37,39-40,61,63,69,71,77-81,83-94,96-99,101-107H,3-4,6,8-10,12,14-16,18,20-22,24,26-28,30,32,35,38,41-60,62,64-68,70,72-76H2,1-2H3,(H,95,100)/b7-5-,13-11-,19-17-,25-23-,31-29-,34-33-,37-36-,40-39-,63-61+,71-69+. The Kier molecular flexibility index (Phi) is 66.1. The third kappa shape index (κ3) is 50.7. The summed E-state index contributed by atoms with van der Waals surface area (Å²) >= 11 is 0. The summed E-state index contributed by atoms with van der Waals surface area (Å²) in [5.74, 6) is -0.285. The van der Waals surface area contributed by atoms with Gasteiger partial charge in [-0.25, -0.2) is 0 Å². The molecule has 3 heterocycles. The molecular formula is C94H163NO18. The minimum atomic E-state index is -1.99. The second-order valence-electron chi connectivity index (χ2n) is 31.7. The Hall–Kier alpha value is -3.81. The summed E-state index contributed by atoms with van der Waals surface area (Å²) in [7, 11) is 0. The number of nitrogens with one attached hydrogen (secondary N) is 1. The molecule has 0 aromatic heterocycles. The number of aliphatic hydroxyl groups is 11. The molecule has 652 valence electrons. The Morgan fingerprint density at radius 2 is 0.619 bits per heavy atom. The molecule has 3 fully saturated rings. The number of aliphatic hydroxyl groups excluding tert-OH is 11. The maximum atomic E-state index is 13.5. The molecule has 17 unspecified atom stereocenters. The third-order valence-electron chi connectivity index (χ3n) is 21.7. The van der Waals surface area contributed by atoms with Crippen LogP contribution in [0.5, 0.6) is 0 Å². The van der Waals surface area contributed by atoms with E-state index in [4.69, 9.17) is 28.4 Å². The number of unbranched alkanes of at least 4 members (excludes halogenated alkanes) is 38. The van der Waals surface area contributed by atoms with Gasteiger partial charge < -0.3 is 89.9 Å². The lowest BCUT2D eigenvalue weighted by molar-refractivity contribution is -0.379. The molecule has 113 heavy (non-hydrogen) atoms. The molecule has 0 spiro atoms. The van der Waals surface area contributed by atoms with E-state index in [0.29, 0.717) is 12.8 Å². The summed E-state index contributed by atoms with van der Waals surface area (Å²) in [6.45, 7) is 1.64. The fourth-order valence-corrected chi connectivity index (χ4v) is 14.6. The van der Waals surface area contributed by atoms with Gasteiger partial charge in [-0.2, -0.15) is 0 Å². The molecule has 3 aliphatic rings. The van der Waals surface area contributed by atoms with Crippen molar-refractivity contribution in [3.63, 3.8) is 0 Å². The molecule has 0 saturated carbocycles. The van der Waals surface area contributed by atoms with Crippen LogP contribution in [0.3, 0.4) is 0 Å². The van der Waals surface area contributed by atoms with E-state index < -0.39 is 124 Å². The molecular weight excluding hydrogens is 1430 g/mol. The second-order valence-corrected chi connectivity index (χ2v) is 31.7. The van der Waals surface area contributed by atoms with Gasteiger partial charge in [0, 0.05) is 6.42 Å². The van der Waals surface area contributed by atoms with E-state index >= 15 is 0 Å². The molecule has 0 aliphatic carbocycles. The first kappa shape index (κ1) is 103. The van der Waals surface area contributed by atoms with Crippen molar-refractivity contribution in [3.05, 3.63) is 122 Å². The van der Waals surface area contributed by atoms with Crippen molar-refractivity contribution in [2.45, 2.75) is 439 Å². The van der Waals surface area contributed by atoms with Gasteiger partial charge in [0.15, 0.2) is 18.9 Å². The molecule has 0 aromatic carbocycles. The first-order valence-electron chi connectivity index (χ1n) is 45.3. The summed E-state index contributed by atoms with van der Waals surface area (Å²) in [5, 5.41) is 121. The van der Waals surface area contributed by atoms with E-state index in [2.05, 4.69) is 129 Å². The van der Waals surface area contributed by atoms with Gasteiger partial charge in [-0.15, -0.1) is 0 Å². The van der Waals surface area contributed by atoms with E-state index in [-0.39, 0.29) is 18.9 Å². The Labute approximate surface area is 684 Å². The minimum absolute atomic E-state index is 0.231. The maximum Gasteiger partial charge on any atom is 0.220 e. The highest BCUT2D eigenvalue weighted by Gasteiger charge is 2.54. The summed E-state index contributed by atoms with van der Waals surface area (Å²) in [4.78, 5) is 13.5. The molecule has 12 N–H and O–H groups in total. The third-order valence-corrected chi connectivity index (χ3v) is 21.7. The predicted octanol–water partition coefficient (Wildman–Crippen LogP) is 17.4. The lowest BCUT2D eigenvalue weighted by Crippen LogP contribution is -2.66. The topological polar surface area (TPSA) is 307 Å². The molecule has 19 heteroatoms. The minimum Gasteiger partial charge on any atom is -0.394 e. The SMILES string of the molecule is CC/C=C\C/C=C\C/C=C\C/C=C\C/C=C\C/C=C\C/C=C\C/C=C\CCCCCCCCCCCCCCCCCCC(=O)NC(COC1OC(CO)C(OC2OC(CO)C(OC3OC(CO)C(O)C(O)C3O)C(O)C2O)C(O)C1O)C(O)/C=C/CC/C=C/CCCCCCCCCCCCCCCCCCCCCCC. The highest BCUT2D eigenvalue weighted by atomic mass is 16.8. The number of carbonyl (C=O) groups is 1. The lowest BCUT2D eigenvalue weighted by atomic mass is 9.96. The van der Waals surface area contributed by atoms with E-state index in [1.165, 1.54) is 212 Å². The van der Waals surface area contributed by atoms with Crippen LogP contribution in [0.1, 0.15) is 335 Å². The Bertz CT molecular complexity index is 2510. The van der Waals surface area contributed by atoms with Gasteiger partial charge in [0.1, 0.15) is 73.2 Å². The first-order valence-corrected chi connectivity index (χ1v) is 45.3. The van der Waals surface area contributed by atoms with Gasteiger partial charge in [0.25, 0.3) is 0 Å². The zero-order valence-electron chi connectivity index (χ0n) is 70.3. The van der Waals surface area contributed by atoms with Crippen molar-refractivity contribution in [3.8, 4) is 0 Å². The van der Waals surface area contributed by atoms with Gasteiger partial charge in [-0.3, -0.25) is 4.79 Å². The molecule has 0 radical (unpaired) electrons. The highest BCUT2D eigenvalue weighted by molar-refractivity contribution is 5.76. The van der Waals surface area contributed by atoms with Crippen molar-refractivity contribution in [2.75, 3.05) is 26.4 Å². The van der Waals surface area contributed by atoms with Crippen LogP contribution in [0.2, 0.25) is 0 Å². The van der Waals surface area contributed by atoms with Crippen LogP contribution in [-0.4, -0.2) is 193 Å². The number of amides is 1. The number of hydrogen-bond donors (Lipinski definition) is 12. The molecule has 3 rings (SSSR count). The predicted molar refractivity (Wildman–Crippen MR) is 457 cm³/mol. The van der Waals surface area contributed by atoms with Crippen LogP contribution in [0, 0.1) is 0 Å². The first-order chi connectivity index (χ1) is 55.3. The van der Waals surface area contributed by atoms with Crippen LogP contribution in [0.4, 0.5) is 0 Å². The highest BCUT2D eigenvalue weighted by Crippen LogP contribution is 2.33. The second kappa shape index (κ2) is 72.2. The fourth-order valence-electron chi connectivity index (χ4n) is 14.6. The van der Waals surface area contributed by atoms with E-state index in [0.717, 1.165) is 89.9 Å². The van der Waals surface area contributed by atoms with E-state index in [1.807, 2.05) is 6.08 Å². The zero-order chi connectivity index (χ0) is 81.7. The quantitative estimate of drug-likeness (QED) is 0.0199. The molecule has 0 bridgehead atoms. The normalized spacial score (nSPS) is 25.4. The van der Waals surface area contributed by atoms with Crippen LogP contribution in [0.25, 0.3) is 0 Å². The number of hydrogen-bond acceptors (Lipinski definition) is 18. The van der Waals surface area contributed by atoms with Crippen LogP contribution in [0.15, 0.2) is 122 Å². The number of rotatable bonds is 72. The monoisotopic (exact) mass is 1590 g/mol. The summed E-state index contributed by atoms with van der Waals surface area (Å²) < 4.78 is 34.5. The van der Waals surface area contributed by atoms with Crippen molar-refractivity contribution < 1.29 is 89.4 Å². The average Bonchev–Trinajstić information content (AvgIpc) is 0.777. The number of carbonyl (C=O) groups excluding carboxylic acids is 1. The molecule has 3 saturated heterocycles. The van der Waals surface area contributed by atoms with Crippen LogP contribution < -0.4 is 5.32 Å². The smallest absolute Gasteiger partial charge is 0.220 e. The number of ether oxygens (including phenoxy) is 6. The molecule has 17 atom stereocenters. The molecule has 1 amide bonds. The Balaban J connectivity index is 1.32. The summed E-state index contributed by atoms with van der Waals surface area (Å²) in [6.07, 6.45) is 76.3. The van der Waals surface area contributed by atoms with Gasteiger partial charge in [-0.1, -0.05) is 354 Å². The average molecular weight is 1600 g/mol. The van der Waals surface area contributed by atoms with Gasteiger partial charge in [0.2, 0.25) is 5.91 Å². The Morgan fingerprint density at radius 1 is 0.327 bits per heavy atom. The summed E-state index contributed by atoms with van der Waals surface area (Å²) in [6, 6.07) is -0.998. The van der Waals surface area contributed by atoms with Gasteiger partial charge >= 0.3 is 0 Å². The van der Waals surface area contributed by atoms with Gasteiger partial charge in [0.05, 0.1) is 38.6 Å². The van der Waals surface area contributed by atoms with E-state index in [1.54, 1.807) is 6.08 Å². The molecule has 3 aliphatic heterocycles. The van der Waals surface area contributed by atoms with Gasteiger partial charge in [-0.05, 0) is 96.3 Å². The van der Waals surface area contributed by atoms with Crippen molar-refractivity contribution in [1.29, 1.82) is 0 Å². The zero-order valence-corrected chi connectivity index (χ0v) is 70.3. The van der Waals surface area contributed by atoms with Crippen molar-refractivity contribution >= 4 is 5.91 Å². The fraction of sp³-hybridized carbons (Fsp3) is 0.777. The van der Waals surface area contributed by atoms with Crippen LogP contribution >= 0.6 is 0 Å². The number of allylic oxidation sites excluding steroid dienone is 19. The maximum absolute atomic E-state index is 13.5. The van der Waals surface area contributed by atoms with E-state index in [9.17, 15) is 61.0 Å². The molecule has 19 nitrogen and oxygen atoms in total. The molecule has 0 aromatic rings. The van der Waals surface area contributed by atoms with Crippen LogP contribution in [-0.2, 0) is 33.2 Å². The lowest BCUT2D eigenvalue weighted by Gasteiger charge is -2.48. The van der Waals surface area contributed by atoms with Crippen molar-refractivity contribution in [2.24, 2.45) is 0 Å².